The van der Waals surface area contributed by atoms with Crippen molar-refractivity contribution >= 4 is 52.1 Å². The summed E-state index contributed by atoms with van der Waals surface area (Å²) >= 11 is 0. The molecule has 0 radical (unpaired) electrons. The molecule has 0 aliphatic rings. The third-order valence-corrected chi connectivity index (χ3v) is 4.39. The Morgan fingerprint density at radius 3 is 1.73 bits per heavy atom. The first-order chi connectivity index (χ1) is 17.9. The van der Waals surface area contributed by atoms with E-state index in [1.54, 1.807) is 31.2 Å². The highest BCUT2D eigenvalue weighted by Gasteiger charge is 2.06. The predicted octanol–water partition coefficient (Wildman–Crippen LogP) is 6.31. The minimum absolute atomic E-state index is 0.170. The van der Waals surface area contributed by atoms with E-state index in [0.29, 0.717) is 28.7 Å². The highest BCUT2D eigenvalue weighted by molar-refractivity contribution is 5.84. The second-order valence-corrected chi connectivity index (χ2v) is 7.16. The van der Waals surface area contributed by atoms with Gasteiger partial charge in [-0.2, -0.15) is 10.2 Å². The standard InChI is InChI=1S/C14H15N5O2.C11H11N5/c1-2-21-14(20)17-12-9-8-11(13(15)16-12)19-18-10-6-4-3-5-7-10;12-10-7-6-9(11(13)14-10)16-15-8-4-2-1-3-5-8/h3-9H,2H2,1H3,(H3,15,16,17,20);1-7H,(H4,12,13,14). The summed E-state index contributed by atoms with van der Waals surface area (Å²) in [4.78, 5) is 19.2. The van der Waals surface area contributed by atoms with E-state index in [-0.39, 0.29) is 18.2 Å². The molecule has 0 fully saturated rings. The van der Waals surface area contributed by atoms with Crippen LogP contribution in [0.3, 0.4) is 0 Å². The number of azo groups is 2. The Morgan fingerprint density at radius 2 is 1.24 bits per heavy atom. The topological polar surface area (TPSA) is 192 Å². The van der Waals surface area contributed by atoms with Crippen molar-refractivity contribution in [1.82, 2.24) is 9.97 Å². The number of nitrogen functional groups attached to an aromatic ring is 3. The van der Waals surface area contributed by atoms with Gasteiger partial charge in [-0.15, -0.1) is 10.2 Å². The first-order valence-corrected chi connectivity index (χ1v) is 11.1. The zero-order chi connectivity index (χ0) is 26.5. The second-order valence-electron chi connectivity index (χ2n) is 7.16. The molecule has 2 aromatic carbocycles. The van der Waals surface area contributed by atoms with Crippen LogP contribution in [-0.4, -0.2) is 22.7 Å². The monoisotopic (exact) mass is 498 g/mol. The Hall–Kier alpha value is -5.39. The van der Waals surface area contributed by atoms with Gasteiger partial charge in [-0.05, 0) is 55.5 Å². The van der Waals surface area contributed by atoms with Gasteiger partial charge < -0.3 is 21.9 Å². The minimum atomic E-state index is -0.580. The van der Waals surface area contributed by atoms with E-state index < -0.39 is 6.09 Å². The number of aromatic nitrogens is 2. The summed E-state index contributed by atoms with van der Waals surface area (Å²) in [6.45, 7) is 2.00. The van der Waals surface area contributed by atoms with E-state index >= 15 is 0 Å². The number of nitrogens with zero attached hydrogens (tertiary/aromatic N) is 6. The predicted molar refractivity (Wildman–Crippen MR) is 144 cm³/mol. The fourth-order valence-corrected chi connectivity index (χ4v) is 2.67. The van der Waals surface area contributed by atoms with Gasteiger partial charge in [-0.25, -0.2) is 14.8 Å². The fraction of sp³-hybridized carbons (Fsp3) is 0.0800. The normalized spacial score (nSPS) is 10.6. The van der Waals surface area contributed by atoms with E-state index in [1.807, 2.05) is 60.7 Å². The van der Waals surface area contributed by atoms with E-state index in [0.717, 1.165) is 5.69 Å². The van der Waals surface area contributed by atoms with Crippen LogP contribution in [0.4, 0.5) is 50.8 Å². The first-order valence-electron chi connectivity index (χ1n) is 11.1. The summed E-state index contributed by atoms with van der Waals surface area (Å²) in [6, 6.07) is 25.2. The quantitative estimate of drug-likeness (QED) is 0.224. The highest BCUT2D eigenvalue weighted by atomic mass is 16.5. The third-order valence-electron chi connectivity index (χ3n) is 4.39. The molecule has 188 valence electrons. The smallest absolute Gasteiger partial charge is 0.412 e. The molecular weight excluding hydrogens is 472 g/mol. The van der Waals surface area contributed by atoms with Crippen molar-refractivity contribution < 1.29 is 9.53 Å². The molecule has 37 heavy (non-hydrogen) atoms. The van der Waals surface area contributed by atoms with Crippen LogP contribution >= 0.6 is 0 Å². The number of nitrogens with two attached hydrogens (primary N) is 3. The molecule has 0 saturated carbocycles. The minimum Gasteiger partial charge on any atom is -0.450 e. The zero-order valence-corrected chi connectivity index (χ0v) is 20.0. The van der Waals surface area contributed by atoms with Gasteiger partial charge in [0.25, 0.3) is 0 Å². The summed E-state index contributed by atoms with van der Waals surface area (Å²) in [5.74, 6) is 1.12. The number of amides is 1. The molecule has 0 spiro atoms. The van der Waals surface area contributed by atoms with Gasteiger partial charge in [-0.1, -0.05) is 36.4 Å². The molecule has 2 aromatic heterocycles. The summed E-state index contributed by atoms with van der Waals surface area (Å²) in [5.41, 5.74) is 19.3. The molecule has 0 bridgehead atoms. The number of carbonyl (C=O) groups excluding carboxylic acids is 1. The average molecular weight is 499 g/mol. The van der Waals surface area contributed by atoms with Gasteiger partial charge in [-0.3, -0.25) is 5.32 Å². The average Bonchev–Trinajstić information content (AvgIpc) is 2.89. The van der Waals surface area contributed by atoms with Crippen molar-refractivity contribution in [3.8, 4) is 0 Å². The van der Waals surface area contributed by atoms with E-state index in [2.05, 4.69) is 35.7 Å². The molecule has 4 rings (SSSR count). The molecule has 4 aromatic rings. The van der Waals surface area contributed by atoms with Crippen LogP contribution in [0.5, 0.6) is 0 Å². The number of hydrogen-bond donors (Lipinski definition) is 4. The highest BCUT2D eigenvalue weighted by Crippen LogP contribution is 2.25. The maximum atomic E-state index is 11.3. The van der Waals surface area contributed by atoms with Crippen LogP contribution in [0.2, 0.25) is 0 Å². The van der Waals surface area contributed by atoms with Crippen molar-refractivity contribution in [1.29, 1.82) is 0 Å². The first kappa shape index (κ1) is 26.2. The number of carbonyl (C=O) groups is 1. The van der Waals surface area contributed by atoms with Gasteiger partial charge >= 0.3 is 6.09 Å². The number of benzene rings is 2. The van der Waals surface area contributed by atoms with Crippen molar-refractivity contribution in [3.05, 3.63) is 84.9 Å². The van der Waals surface area contributed by atoms with Crippen molar-refractivity contribution in [2.75, 3.05) is 29.1 Å². The molecule has 0 aliphatic heterocycles. The third kappa shape index (κ3) is 8.72. The Morgan fingerprint density at radius 1 is 0.730 bits per heavy atom. The SMILES string of the molecule is CCOC(=O)Nc1ccc(N=Nc2ccccc2)c(N)n1.Nc1ccc(N=Nc2ccccc2)c(N)n1. The number of ether oxygens (including phenoxy) is 1. The maximum Gasteiger partial charge on any atom is 0.412 e. The number of anilines is 4. The summed E-state index contributed by atoms with van der Waals surface area (Å²) < 4.78 is 4.75. The Bertz CT molecular complexity index is 1360. The number of rotatable bonds is 6. The zero-order valence-electron chi connectivity index (χ0n) is 20.0. The van der Waals surface area contributed by atoms with Crippen LogP contribution in [0.25, 0.3) is 0 Å². The van der Waals surface area contributed by atoms with Crippen LogP contribution in [0.1, 0.15) is 6.92 Å². The molecule has 7 N–H and O–H groups in total. The Labute approximate surface area is 213 Å². The molecule has 1 amide bonds. The van der Waals surface area contributed by atoms with Crippen molar-refractivity contribution in [2.45, 2.75) is 6.92 Å². The molecule has 12 heteroatoms. The van der Waals surface area contributed by atoms with Gasteiger partial charge in [0.2, 0.25) is 0 Å². The Balaban J connectivity index is 0.000000213. The van der Waals surface area contributed by atoms with Gasteiger partial charge in [0.05, 0.1) is 18.0 Å². The van der Waals surface area contributed by atoms with Gasteiger partial charge in [0.1, 0.15) is 23.0 Å². The lowest BCUT2D eigenvalue weighted by Gasteiger charge is -2.05. The molecule has 2 heterocycles. The molecule has 12 nitrogen and oxygen atoms in total. The molecule has 0 unspecified atom stereocenters. The van der Waals surface area contributed by atoms with Crippen LogP contribution < -0.4 is 22.5 Å². The fourth-order valence-electron chi connectivity index (χ4n) is 2.67. The van der Waals surface area contributed by atoms with Gasteiger partial charge in [0.15, 0.2) is 11.6 Å². The number of nitrogens with one attached hydrogen (secondary N) is 1. The van der Waals surface area contributed by atoms with Crippen LogP contribution in [0.15, 0.2) is 105 Å². The summed E-state index contributed by atoms with van der Waals surface area (Å²) in [7, 11) is 0. The van der Waals surface area contributed by atoms with E-state index in [1.165, 1.54) is 0 Å². The second kappa shape index (κ2) is 13.5. The molecule has 0 saturated heterocycles. The summed E-state index contributed by atoms with van der Waals surface area (Å²) in [5, 5.41) is 18.6. The number of hydrogen-bond acceptors (Lipinski definition) is 11. The molecule has 0 atom stereocenters. The van der Waals surface area contributed by atoms with Crippen molar-refractivity contribution in [3.63, 3.8) is 0 Å². The lowest BCUT2D eigenvalue weighted by Crippen LogP contribution is -2.14. The molecule has 0 aliphatic carbocycles. The van der Waals surface area contributed by atoms with E-state index in [9.17, 15) is 4.79 Å². The molecular formula is C25H26N10O2. The largest absolute Gasteiger partial charge is 0.450 e. The van der Waals surface area contributed by atoms with E-state index in [4.69, 9.17) is 21.9 Å². The number of pyridine rings is 2. The van der Waals surface area contributed by atoms with Crippen molar-refractivity contribution in [2.24, 2.45) is 20.5 Å². The lowest BCUT2D eigenvalue weighted by molar-refractivity contribution is 0.168. The van der Waals surface area contributed by atoms with Crippen LogP contribution in [-0.2, 0) is 4.74 Å². The van der Waals surface area contributed by atoms with Gasteiger partial charge in [0, 0.05) is 0 Å². The van der Waals surface area contributed by atoms with Crippen LogP contribution in [0, 0.1) is 0 Å². The maximum absolute atomic E-state index is 11.3. The Kier molecular flexibility index (Phi) is 9.56. The lowest BCUT2D eigenvalue weighted by atomic mass is 10.3. The summed E-state index contributed by atoms with van der Waals surface area (Å²) in [6.07, 6.45) is -0.580.